The van der Waals surface area contributed by atoms with Gasteiger partial charge in [-0.25, -0.2) is 0 Å². The molecule has 0 bridgehead atoms. The normalized spacial score (nSPS) is 16.0. The zero-order chi connectivity index (χ0) is 16.5. The van der Waals surface area contributed by atoms with E-state index in [0.29, 0.717) is 0 Å². The van der Waals surface area contributed by atoms with Crippen molar-refractivity contribution in [3.63, 3.8) is 0 Å². The summed E-state index contributed by atoms with van der Waals surface area (Å²) in [5.41, 5.74) is 4.89. The van der Waals surface area contributed by atoms with E-state index in [1.807, 2.05) is 43.3 Å². The zero-order valence-electron chi connectivity index (χ0n) is 13.7. The quantitative estimate of drug-likeness (QED) is 0.646. The summed E-state index contributed by atoms with van der Waals surface area (Å²) in [5, 5.41) is 5.84. The second kappa shape index (κ2) is 5.97. The number of carbonyl (C=O) groups is 1. The molecule has 1 aliphatic carbocycles. The van der Waals surface area contributed by atoms with Gasteiger partial charge in [-0.1, -0.05) is 60.7 Å². The number of hydrogen-bond acceptors (Lipinski definition) is 2. The third-order valence-electron chi connectivity index (χ3n) is 4.74. The Bertz CT molecular complexity index is 963. The van der Waals surface area contributed by atoms with Crippen LogP contribution in [0.3, 0.4) is 0 Å². The van der Waals surface area contributed by atoms with Crippen LogP contribution in [0, 0.1) is 0 Å². The molecule has 0 heterocycles. The van der Waals surface area contributed by atoms with Crippen molar-refractivity contribution in [2.75, 3.05) is 5.32 Å². The maximum atomic E-state index is 12.8. The van der Waals surface area contributed by atoms with Crippen LogP contribution >= 0.6 is 0 Å². The van der Waals surface area contributed by atoms with Crippen LogP contribution in [0.15, 0.2) is 78.0 Å². The molecule has 1 aliphatic rings. The van der Waals surface area contributed by atoms with Gasteiger partial charge in [-0.15, -0.1) is 0 Å². The van der Waals surface area contributed by atoms with E-state index >= 15 is 0 Å². The summed E-state index contributed by atoms with van der Waals surface area (Å²) in [7, 11) is 0. The summed E-state index contributed by atoms with van der Waals surface area (Å²) < 4.78 is 0. The Hall–Kier alpha value is -2.87. The molecule has 118 valence electrons. The monoisotopic (exact) mass is 313 g/mol. The molecule has 2 heteroatoms. The van der Waals surface area contributed by atoms with Crippen LogP contribution in [0.2, 0.25) is 0 Å². The Balaban J connectivity index is 1.72. The van der Waals surface area contributed by atoms with Gasteiger partial charge in [0, 0.05) is 27.9 Å². The minimum atomic E-state index is 0.155. The molecule has 3 aromatic rings. The number of carbonyl (C=O) groups excluding carboxylic acids is 1. The lowest BCUT2D eigenvalue weighted by Gasteiger charge is -2.20. The molecule has 24 heavy (non-hydrogen) atoms. The summed E-state index contributed by atoms with van der Waals surface area (Å²) >= 11 is 0. The number of anilines is 1. The fraction of sp³-hybridized carbons (Fsp3) is 0.136. The molecule has 2 nitrogen and oxygen atoms in total. The van der Waals surface area contributed by atoms with Crippen molar-refractivity contribution in [2.45, 2.75) is 19.8 Å². The molecule has 0 aliphatic heterocycles. The van der Waals surface area contributed by atoms with Gasteiger partial charge in [0.15, 0.2) is 5.78 Å². The van der Waals surface area contributed by atoms with Crippen molar-refractivity contribution in [3.05, 3.63) is 89.1 Å². The molecule has 0 saturated carbocycles. The number of aryl methyl sites for hydroxylation is 1. The number of benzene rings is 3. The van der Waals surface area contributed by atoms with E-state index in [0.717, 1.165) is 40.9 Å². The van der Waals surface area contributed by atoms with Crippen LogP contribution < -0.4 is 5.32 Å². The van der Waals surface area contributed by atoms with Gasteiger partial charge in [0.05, 0.1) is 0 Å². The van der Waals surface area contributed by atoms with Gasteiger partial charge in [0.2, 0.25) is 0 Å². The number of fused-ring (bicyclic) bond motifs is 2. The minimum absolute atomic E-state index is 0.155. The van der Waals surface area contributed by atoms with Crippen molar-refractivity contribution in [2.24, 2.45) is 0 Å². The number of nitrogens with one attached hydrogen (secondary N) is 1. The predicted molar refractivity (Wildman–Crippen MR) is 99.4 cm³/mol. The molecule has 1 N–H and O–H groups in total. The SMILES string of the molecule is C/C(Nc1cccc2ccccc12)=C1\CCc2ccccc2C1=O. The lowest BCUT2D eigenvalue weighted by molar-refractivity contribution is 0.102. The standard InChI is InChI=1S/C22H19NO/c1-15(18-14-13-17-8-3-5-11-20(17)22(18)24)23-21-12-6-9-16-7-2-4-10-19(16)21/h2-12,23H,13-14H2,1H3/b18-15-. The number of allylic oxidation sites excluding steroid dienone is 2. The van der Waals surface area contributed by atoms with E-state index in [4.69, 9.17) is 0 Å². The van der Waals surface area contributed by atoms with E-state index < -0.39 is 0 Å². The average molecular weight is 313 g/mol. The Morgan fingerprint density at radius 1 is 0.875 bits per heavy atom. The van der Waals surface area contributed by atoms with Crippen molar-refractivity contribution >= 4 is 22.2 Å². The second-order valence-electron chi connectivity index (χ2n) is 6.24. The third-order valence-corrected chi connectivity index (χ3v) is 4.74. The van der Waals surface area contributed by atoms with Gasteiger partial charge in [-0.3, -0.25) is 4.79 Å². The summed E-state index contributed by atoms with van der Waals surface area (Å²) in [6.07, 6.45) is 1.71. The first kappa shape index (κ1) is 14.7. The molecular formula is C22H19NO. The number of Topliss-reactive ketones (excluding diaryl/α,β-unsaturated/α-hetero) is 1. The molecule has 0 aromatic heterocycles. The molecule has 3 aromatic carbocycles. The summed E-state index contributed by atoms with van der Waals surface area (Å²) in [5.74, 6) is 0.155. The van der Waals surface area contributed by atoms with Gasteiger partial charge in [0.25, 0.3) is 0 Å². The Morgan fingerprint density at radius 2 is 1.62 bits per heavy atom. The van der Waals surface area contributed by atoms with Crippen molar-refractivity contribution in [3.8, 4) is 0 Å². The maximum absolute atomic E-state index is 12.8. The highest BCUT2D eigenvalue weighted by atomic mass is 16.1. The summed E-state index contributed by atoms with van der Waals surface area (Å²) in [4.78, 5) is 12.8. The fourth-order valence-corrected chi connectivity index (χ4v) is 3.47. The molecule has 4 rings (SSSR count). The molecule has 0 spiro atoms. The number of rotatable bonds is 2. The molecule has 0 radical (unpaired) electrons. The van der Waals surface area contributed by atoms with E-state index in [1.165, 1.54) is 10.8 Å². The second-order valence-corrected chi connectivity index (χ2v) is 6.24. The summed E-state index contributed by atoms with van der Waals surface area (Å²) in [6.45, 7) is 2.00. The smallest absolute Gasteiger partial charge is 0.191 e. The first-order valence-corrected chi connectivity index (χ1v) is 8.31. The highest BCUT2D eigenvalue weighted by Gasteiger charge is 2.23. The predicted octanol–water partition coefficient (Wildman–Crippen LogP) is 5.35. The van der Waals surface area contributed by atoms with Crippen LogP contribution in [-0.2, 0) is 6.42 Å². The molecule has 0 atom stereocenters. The first-order valence-electron chi connectivity index (χ1n) is 8.31. The van der Waals surface area contributed by atoms with Gasteiger partial charge in [-0.2, -0.15) is 0 Å². The van der Waals surface area contributed by atoms with Gasteiger partial charge in [-0.05, 0) is 36.8 Å². The lowest BCUT2D eigenvalue weighted by Crippen LogP contribution is -2.17. The van der Waals surface area contributed by atoms with E-state index in [-0.39, 0.29) is 5.78 Å². The van der Waals surface area contributed by atoms with Crippen LogP contribution in [0.1, 0.15) is 29.3 Å². The zero-order valence-corrected chi connectivity index (χ0v) is 13.7. The molecule has 0 fully saturated rings. The molecular weight excluding hydrogens is 294 g/mol. The highest BCUT2D eigenvalue weighted by Crippen LogP contribution is 2.29. The minimum Gasteiger partial charge on any atom is -0.358 e. The van der Waals surface area contributed by atoms with Crippen LogP contribution in [-0.4, -0.2) is 5.78 Å². The lowest BCUT2D eigenvalue weighted by atomic mass is 9.86. The highest BCUT2D eigenvalue weighted by molar-refractivity contribution is 6.11. The number of ketones is 1. The van der Waals surface area contributed by atoms with Crippen molar-refractivity contribution < 1.29 is 4.79 Å². The average Bonchev–Trinajstić information content (AvgIpc) is 2.62. The molecule has 0 saturated heterocycles. The van der Waals surface area contributed by atoms with Crippen molar-refractivity contribution in [1.29, 1.82) is 0 Å². The topological polar surface area (TPSA) is 29.1 Å². The van der Waals surface area contributed by atoms with Crippen LogP contribution in [0.4, 0.5) is 5.69 Å². The number of hydrogen-bond donors (Lipinski definition) is 1. The van der Waals surface area contributed by atoms with Gasteiger partial charge < -0.3 is 5.32 Å². The van der Waals surface area contributed by atoms with Gasteiger partial charge >= 0.3 is 0 Å². The van der Waals surface area contributed by atoms with E-state index in [1.54, 1.807) is 0 Å². The Kier molecular flexibility index (Phi) is 3.66. The third kappa shape index (κ3) is 2.50. The largest absolute Gasteiger partial charge is 0.358 e. The maximum Gasteiger partial charge on any atom is 0.191 e. The van der Waals surface area contributed by atoms with Crippen LogP contribution in [0.25, 0.3) is 10.8 Å². The van der Waals surface area contributed by atoms with Crippen molar-refractivity contribution in [1.82, 2.24) is 0 Å². The fourth-order valence-electron chi connectivity index (χ4n) is 3.47. The Morgan fingerprint density at radius 3 is 2.54 bits per heavy atom. The van der Waals surface area contributed by atoms with E-state index in [9.17, 15) is 4.79 Å². The summed E-state index contributed by atoms with van der Waals surface area (Å²) in [6, 6.07) is 22.4. The molecule has 0 unspecified atom stereocenters. The van der Waals surface area contributed by atoms with E-state index in [2.05, 4.69) is 35.6 Å². The molecule has 0 amide bonds. The van der Waals surface area contributed by atoms with Gasteiger partial charge in [0.1, 0.15) is 0 Å². The first-order chi connectivity index (χ1) is 11.7. The Labute approximate surface area is 141 Å². The van der Waals surface area contributed by atoms with Crippen LogP contribution in [0.5, 0.6) is 0 Å².